The van der Waals surface area contributed by atoms with Crippen LogP contribution in [0.5, 0.6) is 0 Å². The molecule has 5 nitrogen and oxygen atoms in total. The minimum Gasteiger partial charge on any atom is -0.481 e. The van der Waals surface area contributed by atoms with E-state index in [1.807, 2.05) is 25.1 Å². The number of nitrogens with zero attached hydrogens (tertiary/aromatic N) is 1. The molecule has 1 amide bonds. The summed E-state index contributed by atoms with van der Waals surface area (Å²) >= 11 is 6.29. The van der Waals surface area contributed by atoms with Crippen LogP contribution in [0.3, 0.4) is 0 Å². The average Bonchev–Trinajstić information content (AvgIpc) is 2.81. The fourth-order valence-corrected chi connectivity index (χ4v) is 3.15. The second-order valence-electron chi connectivity index (χ2n) is 6.96. The molecule has 1 aromatic rings. The molecule has 1 aromatic carbocycles. The monoisotopic (exact) mass is 339 g/mol. The average molecular weight is 340 g/mol. The van der Waals surface area contributed by atoms with E-state index in [2.05, 4.69) is 0 Å². The van der Waals surface area contributed by atoms with Crippen molar-refractivity contribution >= 4 is 23.7 Å². The van der Waals surface area contributed by atoms with Crippen LogP contribution in [0.15, 0.2) is 18.2 Å². The Kier molecular flexibility index (Phi) is 4.90. The van der Waals surface area contributed by atoms with Crippen molar-refractivity contribution in [2.24, 2.45) is 5.92 Å². The standard InChI is InChI=1S/C17H22ClNO4/c1-10-5-6-11(14(18)7-10)12-8-19(9-13(12)15(20)21)16(22)23-17(2,3)4/h5-7,12-13H,8-9H2,1-4H3,(H,20,21)/t12-,13+/m1/s1. The molecule has 126 valence electrons. The van der Waals surface area contributed by atoms with Gasteiger partial charge >= 0.3 is 12.1 Å². The molecule has 23 heavy (non-hydrogen) atoms. The van der Waals surface area contributed by atoms with Crippen LogP contribution in [-0.4, -0.2) is 40.8 Å². The van der Waals surface area contributed by atoms with Gasteiger partial charge in [-0.2, -0.15) is 0 Å². The fourth-order valence-electron chi connectivity index (χ4n) is 2.78. The van der Waals surface area contributed by atoms with Crippen LogP contribution in [0.25, 0.3) is 0 Å². The van der Waals surface area contributed by atoms with Crippen molar-refractivity contribution in [3.05, 3.63) is 34.3 Å². The number of aryl methyl sites for hydroxylation is 1. The first-order valence-corrected chi connectivity index (χ1v) is 7.93. The largest absolute Gasteiger partial charge is 0.481 e. The summed E-state index contributed by atoms with van der Waals surface area (Å²) in [6, 6.07) is 5.55. The maximum atomic E-state index is 12.2. The third-order valence-corrected chi connectivity index (χ3v) is 4.17. The highest BCUT2D eigenvalue weighted by atomic mass is 35.5. The van der Waals surface area contributed by atoms with E-state index in [0.717, 1.165) is 11.1 Å². The number of carboxylic acids is 1. The molecule has 1 fully saturated rings. The number of carboxylic acid groups (broad SMARTS) is 1. The lowest BCUT2D eigenvalue weighted by atomic mass is 9.88. The van der Waals surface area contributed by atoms with E-state index in [0.29, 0.717) is 5.02 Å². The summed E-state index contributed by atoms with van der Waals surface area (Å²) in [6.45, 7) is 7.68. The summed E-state index contributed by atoms with van der Waals surface area (Å²) in [5, 5.41) is 10.0. The quantitative estimate of drug-likeness (QED) is 0.892. The molecule has 0 radical (unpaired) electrons. The number of carbonyl (C=O) groups excluding carboxylic acids is 1. The van der Waals surface area contributed by atoms with Crippen molar-refractivity contribution < 1.29 is 19.4 Å². The Balaban J connectivity index is 2.25. The smallest absolute Gasteiger partial charge is 0.410 e. The number of halogens is 1. The normalized spacial score (nSPS) is 21.3. The zero-order valence-electron chi connectivity index (χ0n) is 13.8. The molecule has 1 N–H and O–H groups in total. The molecule has 1 aliphatic heterocycles. The minimum atomic E-state index is -0.933. The van der Waals surface area contributed by atoms with Gasteiger partial charge in [0, 0.05) is 24.0 Å². The Hall–Kier alpha value is -1.75. The van der Waals surface area contributed by atoms with E-state index in [1.165, 1.54) is 4.90 Å². The molecule has 0 aromatic heterocycles. The third-order valence-electron chi connectivity index (χ3n) is 3.84. The van der Waals surface area contributed by atoms with Crippen molar-refractivity contribution in [3.8, 4) is 0 Å². The van der Waals surface area contributed by atoms with Gasteiger partial charge in [0.1, 0.15) is 5.60 Å². The van der Waals surface area contributed by atoms with Crippen LogP contribution in [-0.2, 0) is 9.53 Å². The van der Waals surface area contributed by atoms with E-state index in [-0.39, 0.29) is 19.0 Å². The van der Waals surface area contributed by atoms with Gasteiger partial charge in [0.2, 0.25) is 0 Å². The number of aliphatic carboxylic acids is 1. The van der Waals surface area contributed by atoms with Gasteiger partial charge in [-0.1, -0.05) is 23.7 Å². The van der Waals surface area contributed by atoms with Gasteiger partial charge in [0.15, 0.2) is 0 Å². The summed E-state index contributed by atoms with van der Waals surface area (Å²) in [6.07, 6.45) is -0.491. The van der Waals surface area contributed by atoms with Gasteiger partial charge in [-0.3, -0.25) is 4.79 Å². The molecular weight excluding hydrogens is 318 g/mol. The van der Waals surface area contributed by atoms with Gasteiger partial charge in [-0.25, -0.2) is 4.79 Å². The van der Waals surface area contributed by atoms with Gasteiger partial charge in [0.25, 0.3) is 0 Å². The van der Waals surface area contributed by atoms with Crippen molar-refractivity contribution in [2.75, 3.05) is 13.1 Å². The maximum absolute atomic E-state index is 12.2. The summed E-state index contributed by atoms with van der Waals surface area (Å²) in [5.74, 6) is -1.96. The topological polar surface area (TPSA) is 66.8 Å². The number of hydrogen-bond acceptors (Lipinski definition) is 3. The number of hydrogen-bond donors (Lipinski definition) is 1. The molecular formula is C17H22ClNO4. The number of ether oxygens (including phenoxy) is 1. The van der Waals surface area contributed by atoms with Gasteiger partial charge in [-0.05, 0) is 44.9 Å². The Morgan fingerprint density at radius 1 is 1.30 bits per heavy atom. The highest BCUT2D eigenvalue weighted by molar-refractivity contribution is 6.31. The number of rotatable bonds is 2. The molecule has 2 atom stereocenters. The van der Waals surface area contributed by atoms with Gasteiger partial charge in [-0.15, -0.1) is 0 Å². The molecule has 1 heterocycles. The van der Waals surface area contributed by atoms with Crippen molar-refractivity contribution in [1.82, 2.24) is 4.90 Å². The third kappa shape index (κ3) is 4.16. The molecule has 2 rings (SSSR count). The van der Waals surface area contributed by atoms with Crippen molar-refractivity contribution in [2.45, 2.75) is 39.2 Å². The van der Waals surface area contributed by atoms with Crippen LogP contribution in [0.2, 0.25) is 5.02 Å². The van der Waals surface area contributed by atoms with Crippen LogP contribution in [0, 0.1) is 12.8 Å². The lowest BCUT2D eigenvalue weighted by molar-refractivity contribution is -0.141. The van der Waals surface area contributed by atoms with Crippen molar-refractivity contribution in [1.29, 1.82) is 0 Å². The zero-order chi connectivity index (χ0) is 17.4. The molecule has 0 unspecified atom stereocenters. The van der Waals surface area contributed by atoms with E-state index >= 15 is 0 Å². The molecule has 0 bridgehead atoms. The summed E-state index contributed by atoms with van der Waals surface area (Å²) in [7, 11) is 0. The summed E-state index contributed by atoms with van der Waals surface area (Å²) < 4.78 is 5.34. The predicted molar refractivity (Wildman–Crippen MR) is 87.9 cm³/mol. The SMILES string of the molecule is Cc1ccc([C@H]2CN(C(=O)OC(C)(C)C)C[C@@H]2C(=O)O)c(Cl)c1. The van der Waals surface area contributed by atoms with Crippen molar-refractivity contribution in [3.63, 3.8) is 0 Å². The Labute approximate surface area is 141 Å². The highest BCUT2D eigenvalue weighted by Crippen LogP contribution is 2.37. The van der Waals surface area contributed by atoms with Crippen LogP contribution in [0.4, 0.5) is 4.79 Å². The minimum absolute atomic E-state index is 0.124. The first-order valence-electron chi connectivity index (χ1n) is 7.55. The number of amides is 1. The summed E-state index contributed by atoms with van der Waals surface area (Å²) in [4.78, 5) is 25.3. The van der Waals surface area contributed by atoms with Gasteiger partial charge < -0.3 is 14.7 Å². The maximum Gasteiger partial charge on any atom is 0.410 e. The zero-order valence-corrected chi connectivity index (χ0v) is 14.6. The first kappa shape index (κ1) is 17.6. The first-order chi connectivity index (χ1) is 10.6. The molecule has 1 aliphatic rings. The Morgan fingerprint density at radius 3 is 2.48 bits per heavy atom. The number of benzene rings is 1. The molecule has 1 saturated heterocycles. The van der Waals surface area contributed by atoms with Crippen LogP contribution >= 0.6 is 11.6 Å². The van der Waals surface area contributed by atoms with E-state index < -0.39 is 23.6 Å². The van der Waals surface area contributed by atoms with Crippen LogP contribution in [0.1, 0.15) is 37.8 Å². The Bertz CT molecular complexity index is 624. The Morgan fingerprint density at radius 2 is 1.96 bits per heavy atom. The summed E-state index contributed by atoms with van der Waals surface area (Å²) in [5.41, 5.74) is 1.15. The second kappa shape index (κ2) is 6.40. The second-order valence-corrected chi connectivity index (χ2v) is 7.37. The van der Waals surface area contributed by atoms with E-state index in [1.54, 1.807) is 20.8 Å². The number of likely N-dealkylation sites (tertiary alicyclic amines) is 1. The van der Waals surface area contributed by atoms with E-state index in [9.17, 15) is 14.7 Å². The molecule has 0 aliphatic carbocycles. The molecule has 0 saturated carbocycles. The van der Waals surface area contributed by atoms with E-state index in [4.69, 9.17) is 16.3 Å². The predicted octanol–water partition coefficient (Wildman–Crippen LogP) is 3.68. The highest BCUT2D eigenvalue weighted by Gasteiger charge is 2.42. The lowest BCUT2D eigenvalue weighted by Crippen LogP contribution is -2.35. The number of carbonyl (C=O) groups is 2. The molecule has 0 spiro atoms. The van der Waals surface area contributed by atoms with Gasteiger partial charge in [0.05, 0.1) is 5.92 Å². The molecule has 6 heteroatoms. The van der Waals surface area contributed by atoms with Crippen LogP contribution < -0.4 is 0 Å². The lowest BCUT2D eigenvalue weighted by Gasteiger charge is -2.24. The fraction of sp³-hybridized carbons (Fsp3) is 0.529.